The van der Waals surface area contributed by atoms with Crippen LogP contribution in [-0.2, 0) is 0 Å². The number of aliphatic hydroxyl groups is 1. The Kier molecular flexibility index (Phi) is 8.76. The van der Waals surface area contributed by atoms with E-state index in [1.165, 1.54) is 0 Å². The fourth-order valence-electron chi connectivity index (χ4n) is 2.49. The lowest BCUT2D eigenvalue weighted by molar-refractivity contribution is 0.123. The van der Waals surface area contributed by atoms with Gasteiger partial charge in [-0.1, -0.05) is 0 Å². The van der Waals surface area contributed by atoms with Crippen molar-refractivity contribution in [2.75, 3.05) is 33.4 Å². The zero-order valence-electron chi connectivity index (χ0n) is 14.6. The molecule has 0 aliphatic carbocycles. The van der Waals surface area contributed by atoms with Crippen molar-refractivity contribution in [3.63, 3.8) is 0 Å². The molecule has 23 heavy (non-hydrogen) atoms. The minimum Gasteiger partial charge on any atom is -0.490 e. The highest BCUT2D eigenvalue weighted by Crippen LogP contribution is 2.43. The van der Waals surface area contributed by atoms with Gasteiger partial charge in [0.1, 0.15) is 0 Å². The minimum atomic E-state index is -0.750. The van der Waals surface area contributed by atoms with E-state index in [0.717, 1.165) is 0 Å². The van der Waals surface area contributed by atoms with Gasteiger partial charge in [-0.05, 0) is 52.9 Å². The minimum absolute atomic E-state index is 0.161. The Morgan fingerprint density at radius 1 is 1.04 bits per heavy atom. The summed E-state index contributed by atoms with van der Waals surface area (Å²) in [6.45, 7) is 7.68. The molecule has 0 spiro atoms. The van der Waals surface area contributed by atoms with E-state index in [1.807, 2.05) is 40.0 Å². The lowest BCUT2D eigenvalue weighted by Gasteiger charge is -2.26. The first-order valence-corrected chi connectivity index (χ1v) is 8.25. The summed E-state index contributed by atoms with van der Waals surface area (Å²) in [4.78, 5) is 0. The molecule has 6 heteroatoms. The number of rotatable bonds is 11. The normalized spacial score (nSPS) is 13.5. The Hall–Kier alpha value is -1.50. The number of hydrogen-bond acceptors (Lipinski definition) is 6. The van der Waals surface area contributed by atoms with E-state index >= 15 is 0 Å². The van der Waals surface area contributed by atoms with Gasteiger partial charge in [-0.15, -0.1) is 0 Å². The van der Waals surface area contributed by atoms with E-state index in [4.69, 9.17) is 19.9 Å². The van der Waals surface area contributed by atoms with Gasteiger partial charge in [0.05, 0.1) is 25.9 Å². The number of hydrogen-bond donors (Lipinski definition) is 3. The molecule has 6 nitrogen and oxygen atoms in total. The van der Waals surface area contributed by atoms with Gasteiger partial charge in [0.15, 0.2) is 11.5 Å². The topological polar surface area (TPSA) is 86.0 Å². The van der Waals surface area contributed by atoms with Crippen molar-refractivity contribution in [1.29, 1.82) is 0 Å². The summed E-state index contributed by atoms with van der Waals surface area (Å²) >= 11 is 0. The zero-order valence-corrected chi connectivity index (χ0v) is 14.6. The number of likely N-dealkylation sites (N-methyl/N-ethyl adjacent to an activating group) is 1. The second-order valence-corrected chi connectivity index (χ2v) is 5.03. The van der Waals surface area contributed by atoms with Gasteiger partial charge < -0.3 is 30.4 Å². The molecule has 0 radical (unpaired) electrons. The lowest BCUT2D eigenvalue weighted by atomic mass is 9.98. The fraction of sp³-hybridized carbons (Fsp3) is 0.647. The molecular formula is C17H30N2O4. The van der Waals surface area contributed by atoms with Crippen LogP contribution in [0.1, 0.15) is 38.9 Å². The predicted molar refractivity (Wildman–Crippen MR) is 91.4 cm³/mol. The van der Waals surface area contributed by atoms with Crippen LogP contribution in [0.5, 0.6) is 17.2 Å². The van der Waals surface area contributed by atoms with Crippen LogP contribution in [0.15, 0.2) is 12.1 Å². The third-order valence-corrected chi connectivity index (χ3v) is 3.53. The van der Waals surface area contributed by atoms with E-state index in [-0.39, 0.29) is 6.04 Å². The van der Waals surface area contributed by atoms with E-state index in [2.05, 4.69) is 5.32 Å². The maximum absolute atomic E-state index is 10.7. The molecule has 0 saturated carbocycles. The first-order chi connectivity index (χ1) is 11.1. The van der Waals surface area contributed by atoms with Crippen LogP contribution in [0.2, 0.25) is 0 Å². The third-order valence-electron chi connectivity index (χ3n) is 3.53. The molecule has 1 rings (SSSR count). The Labute approximate surface area is 138 Å². The molecule has 0 saturated heterocycles. The van der Waals surface area contributed by atoms with Crippen molar-refractivity contribution in [2.45, 2.75) is 39.3 Å². The van der Waals surface area contributed by atoms with Crippen molar-refractivity contribution in [1.82, 2.24) is 5.32 Å². The van der Waals surface area contributed by atoms with Crippen LogP contribution in [0.3, 0.4) is 0 Å². The second-order valence-electron chi connectivity index (χ2n) is 5.03. The van der Waals surface area contributed by atoms with Crippen molar-refractivity contribution in [3.8, 4) is 17.2 Å². The van der Waals surface area contributed by atoms with Gasteiger partial charge in [0.2, 0.25) is 5.75 Å². The second kappa shape index (κ2) is 10.3. The molecule has 4 N–H and O–H groups in total. The average molecular weight is 326 g/mol. The lowest BCUT2D eigenvalue weighted by Crippen LogP contribution is -2.34. The fourth-order valence-corrected chi connectivity index (χ4v) is 2.49. The summed E-state index contributed by atoms with van der Waals surface area (Å²) in [5.74, 6) is 1.69. The number of benzene rings is 1. The van der Waals surface area contributed by atoms with Gasteiger partial charge in [0.25, 0.3) is 0 Å². The molecule has 0 bridgehead atoms. The summed E-state index contributed by atoms with van der Waals surface area (Å²) in [6.07, 6.45) is -0.0968. The molecular weight excluding hydrogens is 296 g/mol. The van der Waals surface area contributed by atoms with E-state index in [1.54, 1.807) is 0 Å². The summed E-state index contributed by atoms with van der Waals surface area (Å²) in [6, 6.07) is 3.47. The number of nitrogens with one attached hydrogen (secondary N) is 1. The maximum Gasteiger partial charge on any atom is 0.203 e. The Morgan fingerprint density at radius 3 is 2.17 bits per heavy atom. The van der Waals surface area contributed by atoms with Crippen LogP contribution in [0, 0.1) is 0 Å². The molecule has 2 atom stereocenters. The Bertz CT molecular complexity index is 468. The molecule has 0 amide bonds. The summed E-state index contributed by atoms with van der Waals surface area (Å²) in [5.41, 5.74) is 6.30. The quantitative estimate of drug-likeness (QED) is 0.575. The molecule has 0 heterocycles. The molecule has 0 fully saturated rings. The highest BCUT2D eigenvalue weighted by Gasteiger charge is 2.26. The number of ether oxygens (including phenoxy) is 3. The van der Waals surface area contributed by atoms with E-state index in [0.29, 0.717) is 55.6 Å². The van der Waals surface area contributed by atoms with Gasteiger partial charge in [0, 0.05) is 11.6 Å². The van der Waals surface area contributed by atoms with Crippen molar-refractivity contribution >= 4 is 0 Å². The Balaban J connectivity index is 3.31. The summed E-state index contributed by atoms with van der Waals surface area (Å²) < 4.78 is 17.1. The van der Waals surface area contributed by atoms with Crippen LogP contribution >= 0.6 is 0 Å². The largest absolute Gasteiger partial charge is 0.490 e. The van der Waals surface area contributed by atoms with Crippen LogP contribution < -0.4 is 25.3 Å². The highest BCUT2D eigenvalue weighted by molar-refractivity contribution is 5.56. The third kappa shape index (κ3) is 4.99. The van der Waals surface area contributed by atoms with Crippen molar-refractivity contribution in [2.24, 2.45) is 5.73 Å². The first kappa shape index (κ1) is 19.5. The molecule has 0 aromatic heterocycles. The SMILES string of the molecule is CCOc1ccc(C(O)C(CCN)NC)c(OCC)c1OCC. The molecule has 2 unspecified atom stereocenters. The zero-order chi connectivity index (χ0) is 17.2. The van der Waals surface area contributed by atoms with Gasteiger partial charge in [-0.25, -0.2) is 0 Å². The maximum atomic E-state index is 10.7. The first-order valence-electron chi connectivity index (χ1n) is 8.25. The van der Waals surface area contributed by atoms with E-state index < -0.39 is 6.10 Å². The van der Waals surface area contributed by atoms with Crippen molar-refractivity contribution < 1.29 is 19.3 Å². The standard InChI is InChI=1S/C17H30N2O4/c1-5-21-14-9-8-12(15(20)13(19-4)10-11-18)16(22-6-2)17(14)23-7-3/h8-9,13,15,19-20H,5-7,10-11,18H2,1-4H3. The smallest absolute Gasteiger partial charge is 0.203 e. The molecule has 0 aliphatic heterocycles. The average Bonchev–Trinajstić information content (AvgIpc) is 2.55. The Morgan fingerprint density at radius 2 is 1.65 bits per heavy atom. The molecule has 1 aromatic carbocycles. The predicted octanol–water partition coefficient (Wildman–Crippen LogP) is 1.85. The highest BCUT2D eigenvalue weighted by atomic mass is 16.5. The van der Waals surface area contributed by atoms with Crippen LogP contribution in [-0.4, -0.2) is 44.6 Å². The monoisotopic (exact) mass is 326 g/mol. The summed E-state index contributed by atoms with van der Waals surface area (Å²) in [7, 11) is 1.81. The molecule has 132 valence electrons. The van der Waals surface area contributed by atoms with E-state index in [9.17, 15) is 5.11 Å². The number of aliphatic hydroxyl groups excluding tert-OH is 1. The number of nitrogens with two attached hydrogens (primary N) is 1. The summed E-state index contributed by atoms with van der Waals surface area (Å²) in [5, 5.41) is 13.8. The van der Waals surface area contributed by atoms with Gasteiger partial charge in [-0.3, -0.25) is 0 Å². The van der Waals surface area contributed by atoms with Crippen molar-refractivity contribution in [3.05, 3.63) is 17.7 Å². The van der Waals surface area contributed by atoms with Gasteiger partial charge >= 0.3 is 0 Å². The molecule has 1 aromatic rings. The van der Waals surface area contributed by atoms with Crippen LogP contribution in [0.25, 0.3) is 0 Å². The molecule has 0 aliphatic rings. The van der Waals surface area contributed by atoms with Crippen LogP contribution in [0.4, 0.5) is 0 Å². The van der Waals surface area contributed by atoms with Gasteiger partial charge in [-0.2, -0.15) is 0 Å².